The molecular formula is C49H48IrN2OSi-2. The minimum Gasteiger partial charge on any atom is -0.501 e. The summed E-state index contributed by atoms with van der Waals surface area (Å²) in [5, 5.41) is 5.97. The van der Waals surface area contributed by atoms with E-state index in [2.05, 4.69) is 146 Å². The number of rotatable bonds is 5. The fourth-order valence-electron chi connectivity index (χ4n) is 7.53. The van der Waals surface area contributed by atoms with Gasteiger partial charge in [-0.15, -0.1) is 54.1 Å². The molecule has 3 aromatic heterocycles. The second kappa shape index (κ2) is 15.6. The summed E-state index contributed by atoms with van der Waals surface area (Å²) in [7, 11) is -1.37. The largest absolute Gasteiger partial charge is 0.501 e. The molecule has 8 rings (SSSR count). The average Bonchev–Trinajstić information content (AvgIpc) is 3.49. The summed E-state index contributed by atoms with van der Waals surface area (Å²) in [4.78, 5) is 9.41. The molecule has 0 saturated heterocycles. The van der Waals surface area contributed by atoms with E-state index in [1.54, 1.807) is 0 Å². The number of aryl methyl sites for hydroxylation is 3. The molecule has 0 amide bonds. The first-order valence-corrected chi connectivity index (χ1v) is 22.0. The molecule has 0 aliphatic rings. The first-order valence-electron chi connectivity index (χ1n) is 18.5. The zero-order valence-electron chi connectivity index (χ0n) is 32.8. The van der Waals surface area contributed by atoms with E-state index in [1.807, 2.05) is 42.6 Å². The van der Waals surface area contributed by atoms with Gasteiger partial charge in [-0.2, -0.15) is 0 Å². The van der Waals surface area contributed by atoms with Crippen LogP contribution in [0.15, 0.2) is 120 Å². The fourth-order valence-corrected chi connectivity index (χ4v) is 9.11. The standard InChI is InChI=1S/C30H22NO.C19H26NSi.Ir/c1-18-13-19(2)29(20(3)14-18)22-11-12-24-25-9-6-10-26(30(25)32-28(24)16-22)27-15-21-7-4-5-8-23(21)17-31-27;1-19(2,3)13-16-12-17(15-10-8-7-9-11-15)20-14-18(16)21(4,5)6;/h4-9,11-17H,1-3H3;7-10,12,14H,13H2,1-6H3;/q2*-1;. The molecule has 0 atom stereocenters. The van der Waals surface area contributed by atoms with Crippen molar-refractivity contribution in [3.05, 3.63) is 150 Å². The van der Waals surface area contributed by atoms with Crippen molar-refractivity contribution in [1.82, 2.24) is 9.97 Å². The molecule has 54 heavy (non-hydrogen) atoms. The maximum Gasteiger partial charge on any atom is 0.121 e. The minimum absolute atomic E-state index is 0. The summed E-state index contributed by atoms with van der Waals surface area (Å²) in [6.07, 6.45) is 5.12. The van der Waals surface area contributed by atoms with Gasteiger partial charge in [0.1, 0.15) is 5.58 Å². The van der Waals surface area contributed by atoms with Crippen LogP contribution in [0.25, 0.3) is 66.4 Å². The van der Waals surface area contributed by atoms with E-state index in [0.717, 1.165) is 61.6 Å². The van der Waals surface area contributed by atoms with E-state index in [9.17, 15) is 0 Å². The second-order valence-electron chi connectivity index (χ2n) is 16.6. The Bertz CT molecular complexity index is 2570. The van der Waals surface area contributed by atoms with E-state index in [0.29, 0.717) is 0 Å². The summed E-state index contributed by atoms with van der Waals surface area (Å²) >= 11 is 0. The van der Waals surface area contributed by atoms with E-state index < -0.39 is 8.07 Å². The van der Waals surface area contributed by atoms with Crippen molar-refractivity contribution in [2.24, 2.45) is 5.41 Å². The third-order valence-electron chi connectivity index (χ3n) is 9.79. The average molecular weight is 901 g/mol. The Kier molecular flexibility index (Phi) is 11.3. The number of hydrogen-bond acceptors (Lipinski definition) is 3. The third-order valence-corrected chi connectivity index (χ3v) is 11.9. The molecule has 3 heterocycles. The van der Waals surface area contributed by atoms with Gasteiger partial charge in [-0.3, -0.25) is 0 Å². The zero-order chi connectivity index (χ0) is 37.5. The predicted octanol–water partition coefficient (Wildman–Crippen LogP) is 12.9. The van der Waals surface area contributed by atoms with Gasteiger partial charge in [0.25, 0.3) is 0 Å². The SMILES string of the molecule is CC(C)(C)Cc1cc(-c2[c-]cccc2)ncc1[Si](C)(C)C.Cc1cc(C)c(-c2ccc3c(c2)oc2c(-c4cc5ccccc5cn4)[c-]ccc23)c(C)c1.[Ir]. The molecule has 0 fully saturated rings. The number of hydrogen-bond donors (Lipinski definition) is 0. The van der Waals surface area contributed by atoms with Crippen LogP contribution in [0, 0.1) is 38.3 Å². The molecule has 275 valence electrons. The Labute approximate surface area is 335 Å². The van der Waals surface area contributed by atoms with Crippen LogP contribution in [-0.2, 0) is 26.5 Å². The van der Waals surface area contributed by atoms with Crippen LogP contribution < -0.4 is 5.19 Å². The molecule has 0 aliphatic carbocycles. The normalized spacial score (nSPS) is 11.7. The van der Waals surface area contributed by atoms with Gasteiger partial charge in [-0.25, -0.2) is 0 Å². The third kappa shape index (κ3) is 8.34. The van der Waals surface area contributed by atoms with E-state index in [1.165, 1.54) is 38.6 Å². The Morgan fingerprint density at radius 3 is 2.07 bits per heavy atom. The van der Waals surface area contributed by atoms with E-state index >= 15 is 0 Å². The molecule has 5 aromatic carbocycles. The van der Waals surface area contributed by atoms with Gasteiger partial charge in [0, 0.05) is 37.9 Å². The quantitative estimate of drug-likeness (QED) is 0.128. The first kappa shape index (κ1) is 39.0. The van der Waals surface area contributed by atoms with Crippen LogP contribution in [0.1, 0.15) is 43.0 Å². The van der Waals surface area contributed by atoms with Gasteiger partial charge in [-0.05, 0) is 88.3 Å². The summed E-state index contributed by atoms with van der Waals surface area (Å²) < 4.78 is 6.44. The van der Waals surface area contributed by atoms with Crippen LogP contribution in [0.5, 0.6) is 0 Å². The number of aromatic nitrogens is 2. The predicted molar refractivity (Wildman–Crippen MR) is 228 cm³/mol. The molecule has 5 heteroatoms. The molecule has 3 nitrogen and oxygen atoms in total. The Morgan fingerprint density at radius 1 is 0.685 bits per heavy atom. The maximum atomic E-state index is 6.44. The zero-order valence-corrected chi connectivity index (χ0v) is 36.2. The van der Waals surface area contributed by atoms with Crippen molar-refractivity contribution >= 4 is 46.0 Å². The first-order chi connectivity index (χ1) is 25.2. The van der Waals surface area contributed by atoms with E-state index in [4.69, 9.17) is 14.4 Å². The van der Waals surface area contributed by atoms with Crippen molar-refractivity contribution in [2.45, 2.75) is 67.6 Å². The number of nitrogens with zero attached hydrogens (tertiary/aromatic N) is 2. The maximum absolute atomic E-state index is 6.44. The Hall–Kier alpha value is -4.67. The van der Waals surface area contributed by atoms with Crippen LogP contribution >= 0.6 is 0 Å². The molecular weight excluding hydrogens is 853 g/mol. The summed E-state index contributed by atoms with van der Waals surface area (Å²) in [6.45, 7) is 20.6. The topological polar surface area (TPSA) is 38.9 Å². The smallest absolute Gasteiger partial charge is 0.121 e. The number of benzene rings is 5. The van der Waals surface area contributed by atoms with Gasteiger partial charge < -0.3 is 14.4 Å². The van der Waals surface area contributed by atoms with Gasteiger partial charge >= 0.3 is 0 Å². The van der Waals surface area contributed by atoms with Crippen LogP contribution in [0.2, 0.25) is 19.6 Å². The Balaban J connectivity index is 0.000000198. The van der Waals surface area contributed by atoms with Gasteiger partial charge in [0.05, 0.1) is 13.7 Å². The molecule has 0 saturated carbocycles. The van der Waals surface area contributed by atoms with Gasteiger partial charge in [0.2, 0.25) is 0 Å². The molecule has 0 spiro atoms. The van der Waals surface area contributed by atoms with Crippen LogP contribution in [0.4, 0.5) is 0 Å². The van der Waals surface area contributed by atoms with Gasteiger partial charge in [-0.1, -0.05) is 123 Å². The van der Waals surface area contributed by atoms with Crippen LogP contribution in [0.3, 0.4) is 0 Å². The molecule has 0 aliphatic heterocycles. The summed E-state index contributed by atoms with van der Waals surface area (Å²) in [6, 6.07) is 42.4. The minimum atomic E-state index is -1.37. The molecule has 0 bridgehead atoms. The fraction of sp³-hybridized carbons (Fsp3) is 0.224. The van der Waals surface area contributed by atoms with Crippen molar-refractivity contribution in [2.75, 3.05) is 0 Å². The van der Waals surface area contributed by atoms with E-state index in [-0.39, 0.29) is 25.5 Å². The monoisotopic (exact) mass is 901 g/mol. The van der Waals surface area contributed by atoms with Crippen molar-refractivity contribution in [1.29, 1.82) is 0 Å². The van der Waals surface area contributed by atoms with Crippen molar-refractivity contribution < 1.29 is 24.5 Å². The molecule has 0 N–H and O–H groups in total. The number of furan rings is 1. The number of pyridine rings is 2. The molecule has 8 aromatic rings. The van der Waals surface area contributed by atoms with Crippen LogP contribution in [-0.4, -0.2) is 18.0 Å². The second-order valence-corrected chi connectivity index (χ2v) is 21.6. The summed E-state index contributed by atoms with van der Waals surface area (Å²) in [5.41, 5.74) is 13.7. The summed E-state index contributed by atoms with van der Waals surface area (Å²) in [5.74, 6) is 0. The number of fused-ring (bicyclic) bond motifs is 4. The molecule has 0 unspecified atom stereocenters. The van der Waals surface area contributed by atoms with Crippen molar-refractivity contribution in [3.8, 4) is 33.6 Å². The van der Waals surface area contributed by atoms with Gasteiger partial charge in [0.15, 0.2) is 0 Å². The molecule has 1 radical (unpaired) electrons. The Morgan fingerprint density at radius 2 is 1.39 bits per heavy atom. The van der Waals surface area contributed by atoms with Crippen molar-refractivity contribution in [3.63, 3.8) is 0 Å².